The predicted octanol–water partition coefficient (Wildman–Crippen LogP) is 3.85. The lowest BCUT2D eigenvalue weighted by Crippen LogP contribution is -2.25. The Labute approximate surface area is 202 Å². The molecule has 3 heterocycles. The van der Waals surface area contributed by atoms with E-state index in [2.05, 4.69) is 25.4 Å². The summed E-state index contributed by atoms with van der Waals surface area (Å²) >= 11 is 6.05. The zero-order chi connectivity index (χ0) is 24.5. The molecule has 0 radical (unpaired) electrons. The summed E-state index contributed by atoms with van der Waals surface area (Å²) in [5, 5.41) is 7.20. The number of nitrogen functional groups attached to an aromatic ring is 1. The number of aromatic nitrogens is 5. The Hall–Kier alpha value is -4.38. The monoisotopic (exact) mass is 493 g/mol. The quantitative estimate of drug-likeness (QED) is 0.413. The van der Waals surface area contributed by atoms with Gasteiger partial charge in [0.25, 0.3) is 5.91 Å². The maximum absolute atomic E-state index is 13.3. The van der Waals surface area contributed by atoms with Gasteiger partial charge in [0.05, 0.1) is 24.1 Å². The van der Waals surface area contributed by atoms with E-state index in [0.29, 0.717) is 5.56 Å². The lowest BCUT2D eigenvalue weighted by Gasteiger charge is -2.13. The van der Waals surface area contributed by atoms with E-state index in [0.717, 1.165) is 12.8 Å². The van der Waals surface area contributed by atoms with Gasteiger partial charge < -0.3 is 15.8 Å². The van der Waals surface area contributed by atoms with Crippen molar-refractivity contribution in [1.82, 2.24) is 24.7 Å². The average molecular weight is 494 g/mol. The van der Waals surface area contributed by atoms with Gasteiger partial charge in [-0.2, -0.15) is 5.10 Å². The molecule has 1 fully saturated rings. The SMILES string of the molecule is Nc1nccc(Oc2ncc(NC(=O)c3cc(=O)c(-c4ccc(F)cc4)nn3C3CC3)cn2)c1Cl. The Balaban J connectivity index is 1.37. The van der Waals surface area contributed by atoms with Crippen LogP contribution in [0.1, 0.15) is 29.4 Å². The molecule has 0 unspecified atom stereocenters. The Kier molecular flexibility index (Phi) is 5.83. The van der Waals surface area contributed by atoms with Gasteiger partial charge in [0.1, 0.15) is 28.0 Å². The molecule has 35 heavy (non-hydrogen) atoms. The van der Waals surface area contributed by atoms with Gasteiger partial charge in [0, 0.05) is 23.9 Å². The molecule has 1 aromatic carbocycles. The van der Waals surface area contributed by atoms with Crippen molar-refractivity contribution < 1.29 is 13.9 Å². The van der Waals surface area contributed by atoms with E-state index in [-0.39, 0.29) is 45.7 Å². The van der Waals surface area contributed by atoms with E-state index < -0.39 is 17.2 Å². The lowest BCUT2D eigenvalue weighted by molar-refractivity contribution is 0.101. The smallest absolute Gasteiger partial charge is 0.322 e. The van der Waals surface area contributed by atoms with E-state index in [1.54, 1.807) is 0 Å². The van der Waals surface area contributed by atoms with Crippen LogP contribution in [-0.4, -0.2) is 30.6 Å². The van der Waals surface area contributed by atoms with Gasteiger partial charge in [-0.05, 0) is 37.1 Å². The summed E-state index contributed by atoms with van der Waals surface area (Å²) in [6, 6.07) is 8.18. The Morgan fingerprint density at radius 3 is 2.54 bits per heavy atom. The molecule has 3 aromatic heterocycles. The van der Waals surface area contributed by atoms with Crippen LogP contribution in [0.4, 0.5) is 15.9 Å². The van der Waals surface area contributed by atoms with Crippen molar-refractivity contribution in [2.24, 2.45) is 0 Å². The lowest BCUT2D eigenvalue weighted by atomic mass is 10.1. The molecule has 1 aliphatic carbocycles. The van der Waals surface area contributed by atoms with Crippen LogP contribution in [-0.2, 0) is 0 Å². The van der Waals surface area contributed by atoms with Crippen molar-refractivity contribution in [2.75, 3.05) is 11.1 Å². The minimum absolute atomic E-state index is 0.000112. The third-order valence-electron chi connectivity index (χ3n) is 5.17. The number of benzene rings is 1. The molecule has 12 heteroatoms. The summed E-state index contributed by atoms with van der Waals surface area (Å²) in [6.45, 7) is 0. The maximum atomic E-state index is 13.3. The topological polar surface area (TPSA) is 138 Å². The Bertz CT molecular complexity index is 1470. The molecular weight excluding hydrogens is 477 g/mol. The summed E-state index contributed by atoms with van der Waals surface area (Å²) in [7, 11) is 0. The molecule has 0 spiro atoms. The second-order valence-corrected chi connectivity index (χ2v) is 8.12. The number of carbonyl (C=O) groups is 1. The normalized spacial score (nSPS) is 12.9. The number of carbonyl (C=O) groups excluding carboxylic acids is 1. The molecule has 1 amide bonds. The highest BCUT2D eigenvalue weighted by atomic mass is 35.5. The van der Waals surface area contributed by atoms with Crippen LogP contribution in [0.5, 0.6) is 11.8 Å². The molecule has 1 aliphatic rings. The Morgan fingerprint density at radius 2 is 1.86 bits per heavy atom. The van der Waals surface area contributed by atoms with Crippen LogP contribution in [0, 0.1) is 5.82 Å². The molecule has 0 aliphatic heterocycles. The summed E-state index contributed by atoms with van der Waals surface area (Å²) < 4.78 is 20.3. The number of anilines is 2. The minimum atomic E-state index is -0.547. The first-order chi connectivity index (χ1) is 16.9. The average Bonchev–Trinajstić information content (AvgIpc) is 3.69. The number of nitrogens with zero attached hydrogens (tertiary/aromatic N) is 5. The van der Waals surface area contributed by atoms with Crippen molar-refractivity contribution in [3.05, 3.63) is 81.7 Å². The number of hydrogen-bond acceptors (Lipinski definition) is 8. The van der Waals surface area contributed by atoms with Crippen LogP contribution in [0.25, 0.3) is 11.3 Å². The van der Waals surface area contributed by atoms with Gasteiger partial charge in [-0.3, -0.25) is 14.3 Å². The van der Waals surface area contributed by atoms with Crippen LogP contribution in [0.2, 0.25) is 5.02 Å². The van der Waals surface area contributed by atoms with Crippen molar-refractivity contribution >= 4 is 29.0 Å². The summed E-state index contributed by atoms with van der Waals surface area (Å²) in [5.41, 5.74) is 6.19. The number of halogens is 2. The van der Waals surface area contributed by atoms with E-state index >= 15 is 0 Å². The number of amides is 1. The molecular formula is C23H17ClFN7O3. The number of nitrogens with one attached hydrogen (secondary N) is 1. The number of pyridine rings is 1. The van der Waals surface area contributed by atoms with Gasteiger partial charge in [-0.15, -0.1) is 0 Å². The second kappa shape index (κ2) is 9.11. The van der Waals surface area contributed by atoms with Gasteiger partial charge in [-0.1, -0.05) is 11.6 Å². The fourth-order valence-electron chi connectivity index (χ4n) is 3.29. The molecule has 4 aromatic rings. The van der Waals surface area contributed by atoms with E-state index in [1.807, 2.05) is 0 Å². The van der Waals surface area contributed by atoms with Gasteiger partial charge in [0.15, 0.2) is 5.75 Å². The van der Waals surface area contributed by atoms with Crippen LogP contribution >= 0.6 is 11.6 Å². The molecule has 176 valence electrons. The van der Waals surface area contributed by atoms with Crippen molar-refractivity contribution in [2.45, 2.75) is 18.9 Å². The fourth-order valence-corrected chi connectivity index (χ4v) is 3.44. The summed E-state index contributed by atoms with van der Waals surface area (Å²) in [6.07, 6.45) is 5.78. The molecule has 5 rings (SSSR count). The third kappa shape index (κ3) is 4.80. The summed E-state index contributed by atoms with van der Waals surface area (Å²) in [4.78, 5) is 37.7. The van der Waals surface area contributed by atoms with Crippen LogP contribution in [0.3, 0.4) is 0 Å². The largest absolute Gasteiger partial charge is 0.422 e. The third-order valence-corrected chi connectivity index (χ3v) is 5.55. The van der Waals surface area contributed by atoms with Gasteiger partial charge >= 0.3 is 6.01 Å². The van der Waals surface area contributed by atoms with E-state index in [1.165, 1.54) is 59.7 Å². The van der Waals surface area contributed by atoms with Crippen molar-refractivity contribution in [1.29, 1.82) is 0 Å². The zero-order valence-corrected chi connectivity index (χ0v) is 18.7. The molecule has 1 saturated carbocycles. The highest BCUT2D eigenvalue weighted by Gasteiger charge is 2.29. The molecule has 3 N–H and O–H groups in total. The van der Waals surface area contributed by atoms with Gasteiger partial charge in [-0.25, -0.2) is 19.3 Å². The maximum Gasteiger partial charge on any atom is 0.322 e. The fraction of sp³-hybridized carbons (Fsp3) is 0.130. The molecule has 0 bridgehead atoms. The van der Waals surface area contributed by atoms with Crippen LogP contribution in [0.15, 0.2) is 59.8 Å². The number of rotatable bonds is 6. The second-order valence-electron chi connectivity index (χ2n) is 7.74. The molecule has 10 nitrogen and oxygen atoms in total. The highest BCUT2D eigenvalue weighted by Crippen LogP contribution is 2.35. The van der Waals surface area contributed by atoms with Crippen molar-refractivity contribution in [3.63, 3.8) is 0 Å². The van der Waals surface area contributed by atoms with E-state index in [4.69, 9.17) is 22.1 Å². The molecule has 0 atom stereocenters. The zero-order valence-electron chi connectivity index (χ0n) is 18.0. The molecule has 0 saturated heterocycles. The first-order valence-corrected chi connectivity index (χ1v) is 10.9. The highest BCUT2D eigenvalue weighted by molar-refractivity contribution is 6.34. The first kappa shape index (κ1) is 22.4. The van der Waals surface area contributed by atoms with E-state index in [9.17, 15) is 14.0 Å². The minimum Gasteiger partial charge on any atom is -0.422 e. The number of hydrogen-bond donors (Lipinski definition) is 2. The Morgan fingerprint density at radius 1 is 1.14 bits per heavy atom. The summed E-state index contributed by atoms with van der Waals surface area (Å²) in [5.74, 6) is -0.626. The standard InChI is InChI=1S/C23H17ClFN7O3/c24-19-18(7-8-27-21(19)26)35-23-28-10-14(11-29-23)30-22(34)16-9-17(33)20(31-32(16)15-5-6-15)12-1-3-13(25)4-2-12/h1-4,7-11,15H,5-6H2,(H2,26,27)(H,30,34). The van der Waals surface area contributed by atoms with Gasteiger partial charge in [0.2, 0.25) is 5.43 Å². The predicted molar refractivity (Wildman–Crippen MR) is 126 cm³/mol. The van der Waals surface area contributed by atoms with Crippen molar-refractivity contribution in [3.8, 4) is 23.0 Å². The van der Waals surface area contributed by atoms with Crippen LogP contribution < -0.4 is 21.2 Å². The number of ether oxygens (including phenoxy) is 1. The number of nitrogens with two attached hydrogens (primary N) is 1. The first-order valence-electron chi connectivity index (χ1n) is 10.5.